The molecule has 3 nitrogen and oxygen atoms in total. The van der Waals surface area contributed by atoms with Crippen LogP contribution < -0.4 is 10.1 Å². The summed E-state index contributed by atoms with van der Waals surface area (Å²) in [7, 11) is 1.69. The second-order valence-electron chi connectivity index (χ2n) is 8.35. The molecular formula is C26H25NO2. The van der Waals surface area contributed by atoms with Gasteiger partial charge in [-0.1, -0.05) is 67.6 Å². The van der Waals surface area contributed by atoms with Gasteiger partial charge in [0.25, 0.3) is 0 Å². The molecule has 0 aromatic heterocycles. The van der Waals surface area contributed by atoms with E-state index in [1.165, 1.54) is 11.1 Å². The average molecular weight is 383 g/mol. The zero-order chi connectivity index (χ0) is 20.0. The SMILES string of the molecule is COc1ccc([C@@H]2C[C@H](C(=O)c3ccccc3)[C@@H]3Nc4ccccc4[C@]23C)cc1. The first-order chi connectivity index (χ1) is 14.1. The Hall–Kier alpha value is -3.07. The molecule has 3 heteroatoms. The van der Waals surface area contributed by atoms with Gasteiger partial charge in [-0.15, -0.1) is 0 Å². The number of anilines is 1. The van der Waals surface area contributed by atoms with Gasteiger partial charge in [0.2, 0.25) is 0 Å². The number of Topliss-reactive ketones (excluding diaryl/α,β-unsaturated/α-hetero) is 1. The molecule has 5 rings (SSSR count). The zero-order valence-electron chi connectivity index (χ0n) is 16.8. The Balaban J connectivity index is 1.60. The minimum atomic E-state index is -0.139. The lowest BCUT2D eigenvalue weighted by Gasteiger charge is -2.33. The highest BCUT2D eigenvalue weighted by Gasteiger charge is 2.59. The highest BCUT2D eigenvalue weighted by molar-refractivity contribution is 5.99. The van der Waals surface area contributed by atoms with Gasteiger partial charge in [-0.3, -0.25) is 4.79 Å². The zero-order valence-corrected chi connectivity index (χ0v) is 16.8. The van der Waals surface area contributed by atoms with Crippen molar-refractivity contribution >= 4 is 11.5 Å². The van der Waals surface area contributed by atoms with E-state index in [0.717, 1.165) is 23.4 Å². The lowest BCUT2D eigenvalue weighted by atomic mass is 9.70. The summed E-state index contributed by atoms with van der Waals surface area (Å²) >= 11 is 0. The van der Waals surface area contributed by atoms with Crippen molar-refractivity contribution in [1.29, 1.82) is 0 Å². The normalized spacial score (nSPS) is 27.0. The Labute approximate surface area is 171 Å². The molecule has 2 aliphatic rings. The van der Waals surface area contributed by atoms with Crippen LogP contribution >= 0.6 is 0 Å². The summed E-state index contributed by atoms with van der Waals surface area (Å²) < 4.78 is 5.35. The third-order valence-electron chi connectivity index (χ3n) is 6.99. The van der Waals surface area contributed by atoms with Crippen LogP contribution in [0.5, 0.6) is 5.75 Å². The number of para-hydroxylation sites is 1. The van der Waals surface area contributed by atoms with Crippen LogP contribution in [0.3, 0.4) is 0 Å². The van der Waals surface area contributed by atoms with Crippen molar-refractivity contribution in [1.82, 2.24) is 0 Å². The van der Waals surface area contributed by atoms with Crippen LogP contribution in [0.25, 0.3) is 0 Å². The molecule has 0 bridgehead atoms. The summed E-state index contributed by atoms with van der Waals surface area (Å²) in [5, 5.41) is 3.71. The lowest BCUT2D eigenvalue weighted by Crippen LogP contribution is -2.39. The molecule has 4 atom stereocenters. The number of fused-ring (bicyclic) bond motifs is 3. The van der Waals surface area contributed by atoms with E-state index in [4.69, 9.17) is 4.74 Å². The summed E-state index contributed by atoms with van der Waals surface area (Å²) in [6.45, 7) is 2.32. The van der Waals surface area contributed by atoms with Crippen LogP contribution in [0.15, 0.2) is 78.9 Å². The Kier molecular flexibility index (Phi) is 4.20. The summed E-state index contributed by atoms with van der Waals surface area (Å²) in [5.74, 6) is 1.28. The van der Waals surface area contributed by atoms with Gasteiger partial charge in [0, 0.05) is 28.6 Å². The van der Waals surface area contributed by atoms with Crippen molar-refractivity contribution in [2.24, 2.45) is 5.92 Å². The molecule has 0 unspecified atom stereocenters. The van der Waals surface area contributed by atoms with Crippen molar-refractivity contribution in [2.75, 3.05) is 12.4 Å². The van der Waals surface area contributed by atoms with Gasteiger partial charge in [0.05, 0.1) is 7.11 Å². The fourth-order valence-corrected chi connectivity index (χ4v) is 5.51. The van der Waals surface area contributed by atoms with Gasteiger partial charge in [0.15, 0.2) is 5.78 Å². The topological polar surface area (TPSA) is 38.3 Å². The molecule has 3 aromatic rings. The first-order valence-electron chi connectivity index (χ1n) is 10.2. The van der Waals surface area contributed by atoms with Crippen LogP contribution in [0, 0.1) is 5.92 Å². The van der Waals surface area contributed by atoms with Crippen molar-refractivity contribution < 1.29 is 9.53 Å². The first-order valence-corrected chi connectivity index (χ1v) is 10.2. The Bertz CT molecular complexity index is 1040. The highest BCUT2D eigenvalue weighted by Crippen LogP contribution is 2.59. The van der Waals surface area contributed by atoms with Gasteiger partial charge in [0.1, 0.15) is 5.75 Å². The Morgan fingerprint density at radius 2 is 1.66 bits per heavy atom. The van der Waals surface area contributed by atoms with Gasteiger partial charge in [-0.2, -0.15) is 0 Å². The fraction of sp³-hybridized carbons (Fsp3) is 0.269. The van der Waals surface area contributed by atoms with E-state index in [1.807, 2.05) is 42.5 Å². The second-order valence-corrected chi connectivity index (χ2v) is 8.35. The number of benzene rings is 3. The monoisotopic (exact) mass is 383 g/mol. The molecule has 0 spiro atoms. The van der Waals surface area contributed by atoms with Crippen molar-refractivity contribution in [2.45, 2.75) is 30.7 Å². The molecule has 1 N–H and O–H groups in total. The van der Waals surface area contributed by atoms with Crippen LogP contribution in [0.2, 0.25) is 0 Å². The summed E-state index contributed by atoms with van der Waals surface area (Å²) in [6.07, 6.45) is 0.836. The predicted molar refractivity (Wildman–Crippen MR) is 116 cm³/mol. The molecule has 0 amide bonds. The minimum Gasteiger partial charge on any atom is -0.497 e. The molecule has 1 aliphatic heterocycles. The number of methoxy groups -OCH3 is 1. The summed E-state index contributed by atoms with van der Waals surface area (Å²) in [4.78, 5) is 13.5. The molecule has 3 aromatic carbocycles. The van der Waals surface area contributed by atoms with E-state index in [0.29, 0.717) is 0 Å². The van der Waals surface area contributed by atoms with Crippen molar-refractivity contribution in [3.05, 3.63) is 95.6 Å². The summed E-state index contributed by atoms with van der Waals surface area (Å²) in [6, 6.07) is 26.7. The molecule has 0 saturated heterocycles. The highest BCUT2D eigenvalue weighted by atomic mass is 16.5. The lowest BCUT2D eigenvalue weighted by molar-refractivity contribution is 0.0912. The van der Waals surface area contributed by atoms with Crippen LogP contribution in [-0.2, 0) is 5.41 Å². The first kappa shape index (κ1) is 18.0. The molecular weight excluding hydrogens is 358 g/mol. The van der Waals surface area contributed by atoms with E-state index < -0.39 is 0 Å². The molecule has 29 heavy (non-hydrogen) atoms. The second kappa shape index (κ2) is 6.77. The van der Waals surface area contributed by atoms with E-state index in [-0.39, 0.29) is 29.1 Å². The van der Waals surface area contributed by atoms with Gasteiger partial charge >= 0.3 is 0 Å². The van der Waals surface area contributed by atoms with E-state index >= 15 is 0 Å². The molecule has 146 valence electrons. The van der Waals surface area contributed by atoms with Crippen molar-refractivity contribution in [3.8, 4) is 5.75 Å². The van der Waals surface area contributed by atoms with Gasteiger partial charge in [-0.05, 0) is 41.7 Å². The number of hydrogen-bond donors (Lipinski definition) is 1. The quantitative estimate of drug-likeness (QED) is 0.610. The smallest absolute Gasteiger partial charge is 0.168 e. The maximum absolute atomic E-state index is 13.5. The third-order valence-corrected chi connectivity index (χ3v) is 6.99. The number of ketones is 1. The Morgan fingerprint density at radius 1 is 0.966 bits per heavy atom. The van der Waals surface area contributed by atoms with Gasteiger partial charge in [-0.25, -0.2) is 0 Å². The van der Waals surface area contributed by atoms with Gasteiger partial charge < -0.3 is 10.1 Å². The standard InChI is InChI=1S/C26H25NO2/c1-26-21-10-6-7-11-23(21)27-25(26)20(24(28)18-8-4-3-5-9-18)16-22(26)17-12-14-19(29-2)15-13-17/h3-15,20,22,25,27H,16H2,1-2H3/t20-,22+,25+,26-/m1/s1. The van der Waals surface area contributed by atoms with Crippen LogP contribution in [-0.4, -0.2) is 18.9 Å². The predicted octanol–water partition coefficient (Wildman–Crippen LogP) is 5.43. The maximum Gasteiger partial charge on any atom is 0.168 e. The Morgan fingerprint density at radius 3 is 2.38 bits per heavy atom. The third kappa shape index (κ3) is 2.68. The molecule has 0 radical (unpaired) electrons. The molecule has 1 saturated carbocycles. The molecule has 1 aliphatic carbocycles. The maximum atomic E-state index is 13.5. The number of hydrogen-bond acceptors (Lipinski definition) is 3. The van der Waals surface area contributed by atoms with E-state index in [9.17, 15) is 4.79 Å². The minimum absolute atomic E-state index is 0.0677. The van der Waals surface area contributed by atoms with E-state index in [2.05, 4.69) is 48.6 Å². The van der Waals surface area contributed by atoms with E-state index in [1.54, 1.807) is 7.11 Å². The number of nitrogens with one attached hydrogen (secondary N) is 1. The van der Waals surface area contributed by atoms with Crippen molar-refractivity contribution in [3.63, 3.8) is 0 Å². The van der Waals surface area contributed by atoms with Crippen LogP contribution in [0.1, 0.15) is 40.7 Å². The number of rotatable bonds is 4. The largest absolute Gasteiger partial charge is 0.497 e. The number of carbonyl (C=O) groups excluding carboxylic acids is 1. The van der Waals surface area contributed by atoms with Crippen LogP contribution in [0.4, 0.5) is 5.69 Å². The molecule has 1 fully saturated rings. The number of carbonyl (C=O) groups is 1. The molecule has 1 heterocycles. The fourth-order valence-electron chi connectivity index (χ4n) is 5.51. The average Bonchev–Trinajstić information content (AvgIpc) is 3.23. The number of ether oxygens (including phenoxy) is 1. The summed E-state index contributed by atoms with van der Waals surface area (Å²) in [5.41, 5.74) is 4.40.